The van der Waals surface area contributed by atoms with Gasteiger partial charge in [-0.2, -0.15) is 0 Å². The summed E-state index contributed by atoms with van der Waals surface area (Å²) < 4.78 is 25.6. The Kier molecular flexibility index (Phi) is 17.3. The van der Waals surface area contributed by atoms with Crippen LogP contribution in [0.1, 0.15) is 78.7 Å². The highest BCUT2D eigenvalue weighted by Gasteiger charge is 2.27. The molecule has 0 bridgehead atoms. The SMILES string of the molecule is CC(C)COC1=CCC(CC(O)N(Cc2ccc(F)cc2)C(C)CCN(C)CCC2CC(C)CC(C)O2)C=C1.O=C(O)C(O)O. The molecule has 1 heterocycles. The number of carboxylic acids is 1. The largest absolute Gasteiger partial charge is 0.494 e. The number of nitrogens with zero attached hydrogens (tertiary/aromatic N) is 2. The minimum absolute atomic E-state index is 0.173. The van der Waals surface area contributed by atoms with E-state index in [9.17, 15) is 14.3 Å². The quantitative estimate of drug-likeness (QED) is 0.182. The molecule has 6 atom stereocenters. The van der Waals surface area contributed by atoms with Crippen LogP contribution in [0.15, 0.2) is 48.3 Å². The number of carbonyl (C=O) groups is 1. The van der Waals surface area contributed by atoms with E-state index >= 15 is 0 Å². The van der Waals surface area contributed by atoms with Crippen molar-refractivity contribution in [2.45, 2.75) is 110 Å². The Morgan fingerprint density at radius 1 is 1.09 bits per heavy atom. The van der Waals surface area contributed by atoms with Crippen LogP contribution in [0.4, 0.5) is 4.39 Å². The van der Waals surface area contributed by atoms with Gasteiger partial charge in [0.05, 0.1) is 18.8 Å². The molecule has 9 nitrogen and oxygen atoms in total. The first-order valence-corrected chi connectivity index (χ1v) is 16.4. The molecule has 3 rings (SSSR count). The van der Waals surface area contributed by atoms with Crippen molar-refractivity contribution in [2.75, 3.05) is 26.7 Å². The Bertz CT molecular complexity index is 1040. The molecule has 1 aliphatic carbocycles. The Hall–Kier alpha value is -2.34. The fraction of sp³-hybridized carbons (Fsp3) is 0.686. The van der Waals surface area contributed by atoms with E-state index in [1.54, 1.807) is 0 Å². The van der Waals surface area contributed by atoms with Crippen molar-refractivity contribution < 1.29 is 39.1 Å². The first-order chi connectivity index (χ1) is 21.2. The topological polar surface area (TPSA) is 123 Å². The van der Waals surface area contributed by atoms with Crippen LogP contribution in [-0.2, 0) is 20.8 Å². The van der Waals surface area contributed by atoms with Crippen molar-refractivity contribution in [3.8, 4) is 0 Å². The number of allylic oxidation sites excluding steroid dienone is 3. The molecule has 1 aromatic rings. The molecule has 0 saturated carbocycles. The van der Waals surface area contributed by atoms with Crippen LogP contribution in [0.5, 0.6) is 0 Å². The first-order valence-electron chi connectivity index (χ1n) is 16.4. The Morgan fingerprint density at radius 2 is 1.76 bits per heavy atom. The number of benzene rings is 1. The number of rotatable bonds is 16. The van der Waals surface area contributed by atoms with Gasteiger partial charge in [0, 0.05) is 19.1 Å². The molecule has 6 unspecified atom stereocenters. The van der Waals surface area contributed by atoms with E-state index in [1.807, 2.05) is 18.2 Å². The molecule has 1 aliphatic heterocycles. The molecule has 10 heteroatoms. The van der Waals surface area contributed by atoms with Crippen molar-refractivity contribution in [2.24, 2.45) is 17.8 Å². The van der Waals surface area contributed by atoms with Gasteiger partial charge in [-0.25, -0.2) is 9.18 Å². The third kappa shape index (κ3) is 15.7. The number of aliphatic hydroxyl groups is 3. The molecule has 0 radical (unpaired) electrons. The van der Waals surface area contributed by atoms with Crippen molar-refractivity contribution in [1.82, 2.24) is 9.80 Å². The second-order valence-corrected chi connectivity index (χ2v) is 13.3. The normalized spacial score (nSPS) is 23.1. The number of aliphatic carboxylic acids is 1. The zero-order valence-corrected chi connectivity index (χ0v) is 28.0. The van der Waals surface area contributed by atoms with Crippen LogP contribution < -0.4 is 0 Å². The van der Waals surface area contributed by atoms with Gasteiger partial charge in [0.15, 0.2) is 0 Å². The highest BCUT2D eigenvalue weighted by Crippen LogP contribution is 2.27. The summed E-state index contributed by atoms with van der Waals surface area (Å²) >= 11 is 0. The lowest BCUT2D eigenvalue weighted by Gasteiger charge is -2.36. The van der Waals surface area contributed by atoms with E-state index in [-0.39, 0.29) is 17.8 Å². The molecule has 45 heavy (non-hydrogen) atoms. The van der Waals surface area contributed by atoms with E-state index in [1.165, 1.54) is 12.1 Å². The lowest BCUT2D eigenvalue weighted by Crippen LogP contribution is -2.43. The van der Waals surface area contributed by atoms with Gasteiger partial charge < -0.3 is 34.8 Å². The molecule has 0 amide bonds. The Balaban J connectivity index is 0.00000107. The number of aliphatic hydroxyl groups excluding tert-OH is 2. The maximum Gasteiger partial charge on any atom is 0.360 e. The summed E-state index contributed by atoms with van der Waals surface area (Å²) in [6.45, 7) is 14.3. The summed E-state index contributed by atoms with van der Waals surface area (Å²) in [7, 11) is 2.18. The smallest absolute Gasteiger partial charge is 0.360 e. The van der Waals surface area contributed by atoms with Gasteiger partial charge in [-0.1, -0.05) is 39.0 Å². The van der Waals surface area contributed by atoms with Gasteiger partial charge in [-0.15, -0.1) is 0 Å². The minimum atomic E-state index is -2.23. The van der Waals surface area contributed by atoms with Gasteiger partial charge in [0.1, 0.15) is 17.8 Å². The minimum Gasteiger partial charge on any atom is -0.494 e. The third-order valence-electron chi connectivity index (χ3n) is 8.29. The van der Waals surface area contributed by atoms with Gasteiger partial charge in [-0.05, 0) is 114 Å². The second kappa shape index (κ2) is 20.0. The van der Waals surface area contributed by atoms with E-state index in [4.69, 9.17) is 24.8 Å². The predicted molar refractivity (Wildman–Crippen MR) is 173 cm³/mol. The molecule has 0 aromatic heterocycles. The van der Waals surface area contributed by atoms with Crippen LogP contribution in [-0.4, -0.2) is 93.7 Å². The van der Waals surface area contributed by atoms with Crippen LogP contribution >= 0.6 is 0 Å². The van der Waals surface area contributed by atoms with Crippen LogP contribution in [0.3, 0.4) is 0 Å². The average molecular weight is 637 g/mol. The highest BCUT2D eigenvalue weighted by molar-refractivity contribution is 5.69. The molecule has 1 saturated heterocycles. The molecular formula is C35H57FN2O7. The number of ether oxygens (including phenoxy) is 2. The van der Waals surface area contributed by atoms with Gasteiger partial charge >= 0.3 is 5.97 Å². The van der Waals surface area contributed by atoms with E-state index in [0.29, 0.717) is 37.7 Å². The third-order valence-corrected chi connectivity index (χ3v) is 8.29. The number of carboxylic acid groups (broad SMARTS) is 1. The molecule has 1 fully saturated rings. The van der Waals surface area contributed by atoms with Gasteiger partial charge in [0.2, 0.25) is 0 Å². The van der Waals surface area contributed by atoms with E-state index < -0.39 is 18.5 Å². The standard InChI is InChI=1S/C33H53FN2O3.C2H4O4/c1-24(2)23-38-31-13-9-28(10-14-31)21-33(37)36(22-29-7-11-30(34)12-8-29)26(4)15-17-35(6)18-16-32-20-25(3)19-27(5)39-32;3-1(4)2(5)6/h7-9,11-14,24-28,32-33,37H,10,15-23H2,1-6H3;1,3-4H,(H,5,6). The number of halogens is 1. The van der Waals surface area contributed by atoms with Crippen molar-refractivity contribution in [3.63, 3.8) is 0 Å². The summed E-state index contributed by atoms with van der Waals surface area (Å²) in [5, 5.41) is 34.1. The van der Waals surface area contributed by atoms with Crippen LogP contribution in [0.2, 0.25) is 0 Å². The van der Waals surface area contributed by atoms with E-state index in [0.717, 1.165) is 62.4 Å². The Morgan fingerprint density at radius 3 is 2.31 bits per heavy atom. The van der Waals surface area contributed by atoms with Crippen molar-refractivity contribution >= 4 is 5.97 Å². The zero-order valence-electron chi connectivity index (χ0n) is 28.0. The van der Waals surface area contributed by atoms with Gasteiger partial charge in [-0.3, -0.25) is 4.90 Å². The summed E-state index contributed by atoms with van der Waals surface area (Å²) in [5.41, 5.74) is 1.01. The lowest BCUT2D eigenvalue weighted by molar-refractivity contribution is -0.165. The molecule has 2 aliphatic rings. The van der Waals surface area contributed by atoms with Gasteiger partial charge in [0.25, 0.3) is 6.29 Å². The number of hydrogen-bond acceptors (Lipinski definition) is 8. The summed E-state index contributed by atoms with van der Waals surface area (Å²) in [5.74, 6) is 0.552. The van der Waals surface area contributed by atoms with Crippen molar-refractivity contribution in [3.05, 3.63) is 59.6 Å². The molecule has 0 spiro atoms. The fourth-order valence-corrected chi connectivity index (χ4v) is 5.74. The molecule has 4 N–H and O–H groups in total. The maximum absolute atomic E-state index is 13.5. The maximum atomic E-state index is 13.5. The highest BCUT2D eigenvalue weighted by atomic mass is 19.1. The van der Waals surface area contributed by atoms with Crippen molar-refractivity contribution in [1.29, 1.82) is 0 Å². The predicted octanol–water partition coefficient (Wildman–Crippen LogP) is 5.15. The fourth-order valence-electron chi connectivity index (χ4n) is 5.74. The summed E-state index contributed by atoms with van der Waals surface area (Å²) in [4.78, 5) is 13.8. The summed E-state index contributed by atoms with van der Waals surface area (Å²) in [6.07, 6.45) is 10.1. The van der Waals surface area contributed by atoms with Crippen LogP contribution in [0, 0.1) is 23.6 Å². The Labute approximate surface area is 269 Å². The average Bonchev–Trinajstić information content (AvgIpc) is 2.98. The van der Waals surface area contributed by atoms with Crippen LogP contribution in [0.25, 0.3) is 0 Å². The van der Waals surface area contributed by atoms with E-state index in [2.05, 4.69) is 63.6 Å². The molecule has 1 aromatic carbocycles. The first kappa shape index (κ1) is 38.8. The molecule has 256 valence electrons. The zero-order chi connectivity index (χ0) is 33.5. The lowest BCUT2D eigenvalue weighted by atomic mass is 9.92. The second-order valence-electron chi connectivity index (χ2n) is 13.3. The number of hydrogen-bond donors (Lipinski definition) is 4. The summed E-state index contributed by atoms with van der Waals surface area (Å²) in [6, 6.07) is 6.82. The molecular weight excluding hydrogens is 579 g/mol. The monoisotopic (exact) mass is 636 g/mol.